The Kier molecular flexibility index (Phi) is 5.02. The van der Waals surface area contributed by atoms with E-state index in [1.165, 1.54) is 0 Å². The Morgan fingerprint density at radius 3 is 3.00 bits per heavy atom. The number of nitrogens with one attached hydrogen (secondary N) is 1. The van der Waals surface area contributed by atoms with E-state index >= 15 is 0 Å². The van der Waals surface area contributed by atoms with Crippen LogP contribution in [0.4, 0.5) is 0 Å². The summed E-state index contributed by atoms with van der Waals surface area (Å²) < 4.78 is 7.20. The van der Waals surface area contributed by atoms with Crippen molar-refractivity contribution in [3.8, 4) is 5.75 Å². The van der Waals surface area contributed by atoms with Crippen LogP contribution in [0.25, 0.3) is 0 Å². The van der Waals surface area contributed by atoms with E-state index in [4.69, 9.17) is 9.57 Å². The molecule has 2 aromatic rings. The minimum atomic E-state index is -0.639. The Labute approximate surface area is 146 Å². The van der Waals surface area contributed by atoms with E-state index in [1.807, 2.05) is 48.9 Å². The molecule has 0 radical (unpaired) electrons. The number of oxime groups is 1. The van der Waals surface area contributed by atoms with Gasteiger partial charge in [-0.15, -0.1) is 0 Å². The zero-order valence-electron chi connectivity index (χ0n) is 14.6. The van der Waals surface area contributed by atoms with Crippen LogP contribution in [0, 0.1) is 0 Å². The van der Waals surface area contributed by atoms with Gasteiger partial charge in [0.1, 0.15) is 5.75 Å². The number of nitrogens with zero attached hydrogens (tertiary/aromatic N) is 3. The van der Waals surface area contributed by atoms with Crippen LogP contribution in [0.1, 0.15) is 37.6 Å². The van der Waals surface area contributed by atoms with Crippen molar-refractivity contribution in [3.05, 3.63) is 47.8 Å². The fourth-order valence-corrected chi connectivity index (χ4v) is 2.92. The van der Waals surface area contributed by atoms with Crippen molar-refractivity contribution in [2.24, 2.45) is 5.16 Å². The van der Waals surface area contributed by atoms with Crippen LogP contribution >= 0.6 is 0 Å². The fourth-order valence-electron chi connectivity index (χ4n) is 2.92. The van der Waals surface area contributed by atoms with Crippen LogP contribution in [0.15, 0.2) is 41.7 Å². The van der Waals surface area contributed by atoms with Crippen molar-refractivity contribution >= 4 is 11.6 Å². The van der Waals surface area contributed by atoms with Gasteiger partial charge in [-0.2, -0.15) is 5.10 Å². The van der Waals surface area contributed by atoms with Crippen molar-refractivity contribution in [2.45, 2.75) is 39.0 Å². The summed E-state index contributed by atoms with van der Waals surface area (Å²) in [5.41, 5.74) is 2.51. The molecule has 0 saturated carbocycles. The molecule has 132 valence electrons. The summed E-state index contributed by atoms with van der Waals surface area (Å²) in [6.45, 7) is 4.69. The third-order valence-corrected chi connectivity index (χ3v) is 4.23. The Balaban J connectivity index is 1.64. The van der Waals surface area contributed by atoms with Crippen LogP contribution in [0.5, 0.6) is 5.75 Å². The average molecular weight is 342 g/mol. The molecule has 1 amide bonds. The van der Waals surface area contributed by atoms with Crippen LogP contribution in [0.2, 0.25) is 0 Å². The first-order valence-corrected chi connectivity index (χ1v) is 8.32. The van der Waals surface area contributed by atoms with Gasteiger partial charge in [0.2, 0.25) is 6.10 Å². The summed E-state index contributed by atoms with van der Waals surface area (Å²) >= 11 is 0. The minimum Gasteiger partial charge on any atom is -0.496 e. The summed E-state index contributed by atoms with van der Waals surface area (Å²) in [5, 5.41) is 11.3. The van der Waals surface area contributed by atoms with E-state index < -0.39 is 6.10 Å². The molecule has 1 aromatic heterocycles. The molecule has 1 aromatic carbocycles. The van der Waals surface area contributed by atoms with Gasteiger partial charge in [-0.1, -0.05) is 17.3 Å². The van der Waals surface area contributed by atoms with Crippen molar-refractivity contribution in [1.82, 2.24) is 15.1 Å². The highest BCUT2D eigenvalue weighted by Crippen LogP contribution is 2.25. The van der Waals surface area contributed by atoms with E-state index in [1.54, 1.807) is 13.3 Å². The lowest BCUT2D eigenvalue weighted by Gasteiger charge is -2.17. The Hall–Kier alpha value is -2.83. The maximum atomic E-state index is 12.5. The van der Waals surface area contributed by atoms with Gasteiger partial charge in [0.25, 0.3) is 5.91 Å². The van der Waals surface area contributed by atoms with Crippen molar-refractivity contribution in [2.75, 3.05) is 7.11 Å². The molecular weight excluding hydrogens is 320 g/mol. The normalized spacial score (nSPS) is 17.6. The van der Waals surface area contributed by atoms with Gasteiger partial charge in [-0.25, -0.2) is 0 Å². The molecule has 0 fully saturated rings. The molecule has 1 aliphatic rings. The van der Waals surface area contributed by atoms with Crippen molar-refractivity contribution in [3.63, 3.8) is 0 Å². The second-order valence-corrected chi connectivity index (χ2v) is 5.84. The molecule has 2 heterocycles. The number of rotatable bonds is 6. The van der Waals surface area contributed by atoms with Gasteiger partial charge in [-0.3, -0.25) is 9.48 Å². The third-order valence-electron chi connectivity index (χ3n) is 4.23. The smallest absolute Gasteiger partial charge is 0.264 e. The summed E-state index contributed by atoms with van der Waals surface area (Å²) in [6, 6.07) is 9.31. The second-order valence-electron chi connectivity index (χ2n) is 5.84. The van der Waals surface area contributed by atoms with Gasteiger partial charge in [-0.05, 0) is 32.0 Å². The van der Waals surface area contributed by atoms with E-state index in [-0.39, 0.29) is 11.9 Å². The number of hydrogen-bond donors (Lipinski definition) is 1. The molecule has 2 unspecified atom stereocenters. The molecule has 3 rings (SSSR count). The van der Waals surface area contributed by atoms with Crippen molar-refractivity contribution in [1.29, 1.82) is 0 Å². The number of methoxy groups -OCH3 is 1. The first-order valence-electron chi connectivity index (χ1n) is 8.32. The second kappa shape index (κ2) is 7.38. The molecule has 7 nitrogen and oxygen atoms in total. The Bertz CT molecular complexity index is 784. The maximum Gasteiger partial charge on any atom is 0.264 e. The number of ether oxygens (including phenoxy) is 1. The quantitative estimate of drug-likeness (QED) is 0.874. The zero-order chi connectivity index (χ0) is 17.8. The number of carbonyl (C=O) groups is 1. The van der Waals surface area contributed by atoms with Gasteiger partial charge in [0.15, 0.2) is 0 Å². The Morgan fingerprint density at radius 1 is 1.44 bits per heavy atom. The molecule has 0 aliphatic carbocycles. The Morgan fingerprint density at radius 2 is 2.24 bits per heavy atom. The number of aromatic nitrogens is 2. The molecule has 7 heteroatoms. The van der Waals surface area contributed by atoms with Crippen molar-refractivity contribution < 1.29 is 14.4 Å². The molecular formula is C18H22N4O3. The molecule has 2 atom stereocenters. The SMILES string of the molecule is CCn1nccc1C(C)NC(=O)C1CC(c2ccccc2OC)=NO1. The highest BCUT2D eigenvalue weighted by atomic mass is 16.6. The van der Waals surface area contributed by atoms with Gasteiger partial charge >= 0.3 is 0 Å². The number of hydrogen-bond acceptors (Lipinski definition) is 5. The predicted octanol–water partition coefficient (Wildman–Crippen LogP) is 2.28. The van der Waals surface area contributed by atoms with Crippen LogP contribution < -0.4 is 10.1 Å². The van der Waals surface area contributed by atoms with Gasteiger partial charge in [0, 0.05) is 24.7 Å². The predicted molar refractivity (Wildman–Crippen MR) is 93.5 cm³/mol. The van der Waals surface area contributed by atoms with Crippen LogP contribution in [0.3, 0.4) is 0 Å². The van der Waals surface area contributed by atoms with Gasteiger partial charge in [0.05, 0.1) is 24.6 Å². The summed E-state index contributed by atoms with van der Waals surface area (Å²) in [7, 11) is 1.61. The number of amides is 1. The van der Waals surface area contributed by atoms with E-state index in [9.17, 15) is 4.79 Å². The summed E-state index contributed by atoms with van der Waals surface area (Å²) in [6.07, 6.45) is 1.50. The fraction of sp³-hybridized carbons (Fsp3) is 0.389. The first kappa shape index (κ1) is 17.0. The lowest BCUT2D eigenvalue weighted by atomic mass is 10.0. The average Bonchev–Trinajstić information content (AvgIpc) is 3.30. The lowest BCUT2D eigenvalue weighted by molar-refractivity contribution is -0.131. The zero-order valence-corrected chi connectivity index (χ0v) is 14.6. The van der Waals surface area contributed by atoms with Crippen LogP contribution in [-0.4, -0.2) is 34.6 Å². The summed E-state index contributed by atoms with van der Waals surface area (Å²) in [4.78, 5) is 17.9. The third kappa shape index (κ3) is 3.50. The highest BCUT2D eigenvalue weighted by molar-refractivity contribution is 6.05. The minimum absolute atomic E-state index is 0.158. The number of carbonyl (C=O) groups excluding carboxylic acids is 1. The number of aryl methyl sites for hydroxylation is 1. The maximum absolute atomic E-state index is 12.5. The lowest BCUT2D eigenvalue weighted by Crippen LogP contribution is -2.37. The molecule has 25 heavy (non-hydrogen) atoms. The molecule has 1 aliphatic heterocycles. The largest absolute Gasteiger partial charge is 0.496 e. The monoisotopic (exact) mass is 342 g/mol. The first-order chi connectivity index (χ1) is 12.1. The standard InChI is InChI=1S/C18H22N4O3/c1-4-22-15(9-10-19-22)12(2)20-18(23)17-11-14(21-25-17)13-7-5-6-8-16(13)24-3/h5-10,12,17H,4,11H2,1-3H3,(H,20,23). The molecule has 0 spiro atoms. The van der Waals surface area contributed by atoms with E-state index in [0.29, 0.717) is 17.9 Å². The van der Waals surface area contributed by atoms with E-state index in [0.717, 1.165) is 17.8 Å². The molecule has 0 bridgehead atoms. The highest BCUT2D eigenvalue weighted by Gasteiger charge is 2.31. The van der Waals surface area contributed by atoms with Crippen LogP contribution in [-0.2, 0) is 16.2 Å². The van der Waals surface area contributed by atoms with E-state index in [2.05, 4.69) is 15.6 Å². The molecule has 1 N–H and O–H groups in total. The number of benzene rings is 1. The summed E-state index contributed by atoms with van der Waals surface area (Å²) in [5.74, 6) is 0.524. The van der Waals surface area contributed by atoms with Gasteiger partial charge < -0.3 is 14.9 Å². The molecule has 0 saturated heterocycles. The number of para-hydroxylation sites is 1. The topological polar surface area (TPSA) is 77.7 Å².